The van der Waals surface area contributed by atoms with E-state index >= 15 is 0 Å². The largest absolute Gasteiger partial charge is 0.375 e. The molecule has 5 nitrogen and oxygen atoms in total. The van der Waals surface area contributed by atoms with Crippen LogP contribution in [-0.4, -0.2) is 38.0 Å². The summed E-state index contributed by atoms with van der Waals surface area (Å²) in [5.41, 5.74) is 2.57. The van der Waals surface area contributed by atoms with Crippen molar-refractivity contribution in [3.8, 4) is 6.07 Å². The Hall–Kier alpha value is -2.75. The van der Waals surface area contributed by atoms with Crippen LogP contribution in [-0.2, 0) is 21.7 Å². The molecule has 1 saturated heterocycles. The summed E-state index contributed by atoms with van der Waals surface area (Å²) in [6.45, 7) is 5.62. The number of hydrogen-bond donors (Lipinski definition) is 0. The summed E-state index contributed by atoms with van der Waals surface area (Å²) >= 11 is 0. The molecule has 3 rings (SSSR count). The number of nitrogens with zero attached hydrogens (tertiary/aromatic N) is 3. The van der Waals surface area contributed by atoms with Gasteiger partial charge in [0.15, 0.2) is 0 Å². The average molecular weight is 381 g/mol. The van der Waals surface area contributed by atoms with Crippen molar-refractivity contribution in [3.05, 3.63) is 64.5 Å². The van der Waals surface area contributed by atoms with Gasteiger partial charge in [-0.3, -0.25) is 0 Å². The molecule has 2 aromatic rings. The van der Waals surface area contributed by atoms with E-state index in [0.717, 1.165) is 17.7 Å². The molecular weight excluding hydrogens is 357 g/mol. The first kappa shape index (κ1) is 20.0. The number of rotatable bonds is 7. The highest BCUT2D eigenvalue weighted by Crippen LogP contribution is 2.38. The van der Waals surface area contributed by atoms with Gasteiger partial charge in [0.05, 0.1) is 43.5 Å². The summed E-state index contributed by atoms with van der Waals surface area (Å²) in [5.74, 6) is -0.356. The zero-order valence-electron chi connectivity index (χ0n) is 16.4. The third-order valence-corrected chi connectivity index (χ3v) is 4.91. The van der Waals surface area contributed by atoms with E-state index in [0.29, 0.717) is 30.0 Å². The van der Waals surface area contributed by atoms with Crippen LogP contribution in [0.4, 0.5) is 10.1 Å². The summed E-state index contributed by atoms with van der Waals surface area (Å²) in [4.78, 5) is 6.30. The lowest BCUT2D eigenvalue weighted by Gasteiger charge is -2.42. The average Bonchev–Trinajstić information content (AvgIpc) is 2.68. The maximum atomic E-state index is 14.9. The fraction of sp³-hybridized carbons (Fsp3) is 0.364. The second kappa shape index (κ2) is 8.51. The first-order valence-electron chi connectivity index (χ1n) is 9.23. The molecule has 1 aliphatic heterocycles. The second-order valence-corrected chi connectivity index (χ2v) is 7.02. The SMILES string of the molecule is CCN(C)C=Nc1cc(F)c(C2(OCc3cccc(C#N)c3)COC2)cc1C. The molecule has 28 heavy (non-hydrogen) atoms. The van der Waals surface area contributed by atoms with Gasteiger partial charge in [-0.1, -0.05) is 12.1 Å². The minimum Gasteiger partial charge on any atom is -0.375 e. The highest BCUT2D eigenvalue weighted by Gasteiger charge is 2.44. The summed E-state index contributed by atoms with van der Waals surface area (Å²) in [5, 5.41) is 9.04. The van der Waals surface area contributed by atoms with E-state index in [1.807, 2.05) is 37.9 Å². The fourth-order valence-electron chi connectivity index (χ4n) is 2.96. The maximum Gasteiger partial charge on any atom is 0.143 e. The van der Waals surface area contributed by atoms with Gasteiger partial charge in [-0.05, 0) is 43.2 Å². The maximum absolute atomic E-state index is 14.9. The Morgan fingerprint density at radius 1 is 1.36 bits per heavy atom. The zero-order chi connectivity index (χ0) is 20.1. The van der Waals surface area contributed by atoms with E-state index in [1.54, 1.807) is 24.5 Å². The van der Waals surface area contributed by atoms with Crippen molar-refractivity contribution in [1.29, 1.82) is 5.26 Å². The van der Waals surface area contributed by atoms with Gasteiger partial charge < -0.3 is 14.4 Å². The van der Waals surface area contributed by atoms with Crippen molar-refractivity contribution >= 4 is 12.0 Å². The summed E-state index contributed by atoms with van der Waals surface area (Å²) in [7, 11) is 1.92. The van der Waals surface area contributed by atoms with Crippen molar-refractivity contribution in [2.24, 2.45) is 4.99 Å². The van der Waals surface area contributed by atoms with Crippen molar-refractivity contribution < 1.29 is 13.9 Å². The monoisotopic (exact) mass is 381 g/mol. The molecule has 0 aromatic heterocycles. The van der Waals surface area contributed by atoms with E-state index in [1.165, 1.54) is 6.07 Å². The van der Waals surface area contributed by atoms with Crippen LogP contribution in [0.5, 0.6) is 0 Å². The van der Waals surface area contributed by atoms with E-state index in [4.69, 9.17) is 14.7 Å². The zero-order valence-corrected chi connectivity index (χ0v) is 16.4. The molecule has 6 heteroatoms. The molecule has 1 heterocycles. The summed E-state index contributed by atoms with van der Waals surface area (Å²) in [6, 6.07) is 12.6. The minimum atomic E-state index is -0.819. The molecule has 0 atom stereocenters. The number of ether oxygens (including phenoxy) is 2. The van der Waals surface area contributed by atoms with Gasteiger partial charge in [-0.15, -0.1) is 0 Å². The van der Waals surface area contributed by atoms with Crippen LogP contribution in [0.1, 0.15) is 29.2 Å². The number of halogens is 1. The van der Waals surface area contributed by atoms with E-state index in [-0.39, 0.29) is 12.4 Å². The van der Waals surface area contributed by atoms with Gasteiger partial charge >= 0.3 is 0 Å². The Balaban J connectivity index is 1.82. The Morgan fingerprint density at radius 3 is 2.79 bits per heavy atom. The molecule has 2 aromatic carbocycles. The molecule has 0 radical (unpaired) electrons. The van der Waals surface area contributed by atoms with E-state index in [2.05, 4.69) is 11.1 Å². The second-order valence-electron chi connectivity index (χ2n) is 7.02. The Morgan fingerprint density at radius 2 is 2.14 bits per heavy atom. The number of aliphatic imine (C=N–C) groups is 1. The molecule has 0 N–H and O–H groups in total. The first-order valence-corrected chi connectivity index (χ1v) is 9.23. The molecule has 1 aliphatic rings. The van der Waals surface area contributed by atoms with Gasteiger partial charge in [0, 0.05) is 25.2 Å². The van der Waals surface area contributed by atoms with Crippen LogP contribution in [0.15, 0.2) is 41.4 Å². The summed E-state index contributed by atoms with van der Waals surface area (Å²) < 4.78 is 26.4. The van der Waals surface area contributed by atoms with Gasteiger partial charge in [0.1, 0.15) is 11.4 Å². The quantitative estimate of drug-likeness (QED) is 0.536. The van der Waals surface area contributed by atoms with Crippen molar-refractivity contribution in [3.63, 3.8) is 0 Å². The Bertz CT molecular complexity index is 916. The fourth-order valence-corrected chi connectivity index (χ4v) is 2.96. The van der Waals surface area contributed by atoms with Crippen molar-refractivity contribution in [2.75, 3.05) is 26.8 Å². The topological polar surface area (TPSA) is 57.8 Å². The molecule has 0 unspecified atom stereocenters. The van der Waals surface area contributed by atoms with Gasteiger partial charge in [-0.25, -0.2) is 9.38 Å². The normalized spacial score (nSPS) is 15.2. The Kier molecular flexibility index (Phi) is 6.08. The van der Waals surface area contributed by atoms with Gasteiger partial charge in [0.25, 0.3) is 0 Å². The highest BCUT2D eigenvalue weighted by molar-refractivity contribution is 5.63. The van der Waals surface area contributed by atoms with Crippen LogP contribution in [0.25, 0.3) is 0 Å². The lowest BCUT2D eigenvalue weighted by atomic mass is 9.89. The number of hydrogen-bond acceptors (Lipinski definition) is 4. The Labute approximate surface area is 165 Å². The minimum absolute atomic E-state index is 0.276. The number of aryl methyl sites for hydroxylation is 1. The first-order chi connectivity index (χ1) is 13.5. The third kappa shape index (κ3) is 4.22. The highest BCUT2D eigenvalue weighted by atomic mass is 19.1. The van der Waals surface area contributed by atoms with Crippen LogP contribution < -0.4 is 0 Å². The van der Waals surface area contributed by atoms with Gasteiger partial charge in [0.2, 0.25) is 0 Å². The van der Waals surface area contributed by atoms with Crippen LogP contribution in [0.2, 0.25) is 0 Å². The molecule has 0 bridgehead atoms. The predicted octanol–water partition coefficient (Wildman–Crippen LogP) is 4.06. The number of nitriles is 1. The number of benzene rings is 2. The lowest BCUT2D eigenvalue weighted by Crippen LogP contribution is -2.49. The van der Waals surface area contributed by atoms with Crippen molar-refractivity contribution in [1.82, 2.24) is 4.90 Å². The molecule has 146 valence electrons. The van der Waals surface area contributed by atoms with Crippen LogP contribution in [0, 0.1) is 24.1 Å². The molecule has 0 amide bonds. The summed E-state index contributed by atoms with van der Waals surface area (Å²) in [6.07, 6.45) is 1.70. The lowest BCUT2D eigenvalue weighted by molar-refractivity contribution is -0.224. The smallest absolute Gasteiger partial charge is 0.143 e. The molecular formula is C22H24FN3O2. The van der Waals surface area contributed by atoms with Gasteiger partial charge in [-0.2, -0.15) is 5.26 Å². The predicted molar refractivity (Wildman–Crippen MR) is 106 cm³/mol. The van der Waals surface area contributed by atoms with Crippen LogP contribution >= 0.6 is 0 Å². The third-order valence-electron chi connectivity index (χ3n) is 4.91. The van der Waals surface area contributed by atoms with Crippen molar-refractivity contribution in [2.45, 2.75) is 26.1 Å². The van der Waals surface area contributed by atoms with E-state index < -0.39 is 5.60 Å². The molecule has 0 aliphatic carbocycles. The molecule has 0 saturated carbocycles. The molecule has 0 spiro atoms. The molecule has 1 fully saturated rings. The standard InChI is InChI=1S/C22H24FN3O2/c1-4-26(3)15-25-21-10-20(23)19(8-16(21)2)22(13-27-14-22)28-12-18-7-5-6-17(9-18)11-24/h5-10,15H,4,12-14H2,1-3H3. The van der Waals surface area contributed by atoms with E-state index in [9.17, 15) is 4.39 Å². The van der Waals surface area contributed by atoms with Crippen LogP contribution in [0.3, 0.4) is 0 Å².